The van der Waals surface area contributed by atoms with Crippen molar-refractivity contribution in [3.8, 4) is 23.1 Å². The van der Waals surface area contributed by atoms with Gasteiger partial charge in [-0.3, -0.25) is 4.98 Å². The quantitative estimate of drug-likeness (QED) is 0.765. The minimum atomic E-state index is 0.530. The zero-order valence-corrected chi connectivity index (χ0v) is 8.84. The number of nitrogens with zero attached hydrogens (tertiary/aromatic N) is 2. The highest BCUT2D eigenvalue weighted by Crippen LogP contribution is 2.25. The molecule has 0 radical (unpaired) electrons. The number of aromatic nitrogens is 1. The third-order valence-corrected chi connectivity index (χ3v) is 2.28. The number of benzene rings is 1. The highest BCUT2D eigenvalue weighted by Gasteiger charge is 2.05. The van der Waals surface area contributed by atoms with Crippen LogP contribution in [-0.4, -0.2) is 12.1 Å². The molecule has 78 valence electrons. The Morgan fingerprint density at radius 1 is 1.25 bits per heavy atom. The van der Waals surface area contributed by atoms with Crippen molar-refractivity contribution in [2.24, 2.45) is 0 Å². The number of ether oxygens (including phenoxy) is 1. The van der Waals surface area contributed by atoms with Crippen molar-refractivity contribution >= 4 is 0 Å². The van der Waals surface area contributed by atoms with Gasteiger partial charge in [0.15, 0.2) is 0 Å². The zero-order chi connectivity index (χ0) is 11.4. The molecule has 3 nitrogen and oxygen atoms in total. The Kier molecular flexibility index (Phi) is 2.84. The molecule has 0 saturated carbocycles. The van der Waals surface area contributed by atoms with Crippen LogP contribution in [0, 0.1) is 11.3 Å². The van der Waals surface area contributed by atoms with Gasteiger partial charge in [-0.05, 0) is 24.3 Å². The molecular formula is C13H10N2O. The maximum absolute atomic E-state index is 8.87. The van der Waals surface area contributed by atoms with Gasteiger partial charge >= 0.3 is 0 Å². The van der Waals surface area contributed by atoms with Gasteiger partial charge in [0, 0.05) is 11.8 Å². The molecule has 2 rings (SSSR count). The van der Waals surface area contributed by atoms with Crippen molar-refractivity contribution in [1.82, 2.24) is 4.98 Å². The van der Waals surface area contributed by atoms with Crippen molar-refractivity contribution in [3.63, 3.8) is 0 Å². The number of nitriles is 1. The van der Waals surface area contributed by atoms with Gasteiger partial charge < -0.3 is 4.74 Å². The Balaban J connectivity index is 2.49. The van der Waals surface area contributed by atoms with Crippen molar-refractivity contribution in [3.05, 3.63) is 48.2 Å². The summed E-state index contributed by atoms with van der Waals surface area (Å²) in [6.07, 6.45) is 1.74. The number of hydrogen-bond acceptors (Lipinski definition) is 3. The lowest BCUT2D eigenvalue weighted by Gasteiger charge is -2.05. The molecule has 0 aliphatic rings. The lowest BCUT2D eigenvalue weighted by molar-refractivity contribution is 0.413. The number of hydrogen-bond donors (Lipinski definition) is 0. The number of pyridine rings is 1. The first kappa shape index (κ1) is 10.2. The Labute approximate surface area is 93.9 Å². The van der Waals surface area contributed by atoms with Gasteiger partial charge in [0.2, 0.25) is 0 Å². The Bertz CT molecular complexity index is 529. The Hall–Kier alpha value is -2.34. The van der Waals surface area contributed by atoms with Crippen LogP contribution >= 0.6 is 0 Å². The molecule has 0 N–H and O–H groups in total. The minimum Gasteiger partial charge on any atom is -0.495 e. The van der Waals surface area contributed by atoms with E-state index in [0.717, 1.165) is 11.3 Å². The van der Waals surface area contributed by atoms with Crippen LogP contribution in [0.3, 0.4) is 0 Å². The topological polar surface area (TPSA) is 45.9 Å². The molecule has 0 bridgehead atoms. The van der Waals surface area contributed by atoms with E-state index >= 15 is 0 Å². The van der Waals surface area contributed by atoms with E-state index in [1.54, 1.807) is 19.4 Å². The average molecular weight is 210 g/mol. The standard InChI is InChI=1S/C13H10N2O/c1-16-13-8-10(5-6-11(13)9-14)12-4-2-3-7-15-12/h2-8H,1H3. The first-order valence-electron chi connectivity index (χ1n) is 4.84. The average Bonchev–Trinajstić information content (AvgIpc) is 2.39. The summed E-state index contributed by atoms with van der Waals surface area (Å²) in [5.41, 5.74) is 2.34. The molecule has 1 aromatic carbocycles. The molecule has 0 aliphatic carbocycles. The van der Waals surface area contributed by atoms with Gasteiger partial charge in [-0.25, -0.2) is 0 Å². The predicted octanol–water partition coefficient (Wildman–Crippen LogP) is 2.63. The van der Waals surface area contributed by atoms with Gasteiger partial charge in [0.1, 0.15) is 11.8 Å². The van der Waals surface area contributed by atoms with Crippen molar-refractivity contribution in [1.29, 1.82) is 5.26 Å². The molecule has 1 aromatic heterocycles. The first-order chi connectivity index (χ1) is 7.85. The molecule has 2 aromatic rings. The summed E-state index contributed by atoms with van der Waals surface area (Å²) in [6.45, 7) is 0. The second-order valence-corrected chi connectivity index (χ2v) is 3.24. The summed E-state index contributed by atoms with van der Waals surface area (Å²) in [7, 11) is 1.55. The van der Waals surface area contributed by atoms with Crippen LogP contribution in [0.5, 0.6) is 5.75 Å². The first-order valence-corrected chi connectivity index (χ1v) is 4.84. The van der Waals surface area contributed by atoms with Crippen LogP contribution in [-0.2, 0) is 0 Å². The Morgan fingerprint density at radius 2 is 2.12 bits per heavy atom. The molecule has 0 spiro atoms. The van der Waals surface area contributed by atoms with Gasteiger partial charge in [-0.2, -0.15) is 5.26 Å². The van der Waals surface area contributed by atoms with E-state index in [-0.39, 0.29) is 0 Å². The monoisotopic (exact) mass is 210 g/mol. The fourth-order valence-electron chi connectivity index (χ4n) is 1.48. The summed E-state index contributed by atoms with van der Waals surface area (Å²) in [6, 6.07) is 13.2. The molecule has 0 amide bonds. The lowest BCUT2D eigenvalue weighted by Crippen LogP contribution is -1.89. The van der Waals surface area contributed by atoms with E-state index in [1.165, 1.54) is 0 Å². The second-order valence-electron chi connectivity index (χ2n) is 3.24. The SMILES string of the molecule is COc1cc(-c2ccccn2)ccc1C#N. The van der Waals surface area contributed by atoms with Gasteiger partial charge in [-0.1, -0.05) is 12.1 Å². The predicted molar refractivity (Wildman–Crippen MR) is 60.9 cm³/mol. The molecule has 0 atom stereocenters. The fraction of sp³-hybridized carbons (Fsp3) is 0.0769. The number of methoxy groups -OCH3 is 1. The van der Waals surface area contributed by atoms with E-state index in [1.807, 2.05) is 30.3 Å². The van der Waals surface area contributed by atoms with Gasteiger partial charge in [0.25, 0.3) is 0 Å². The van der Waals surface area contributed by atoms with Crippen molar-refractivity contribution < 1.29 is 4.74 Å². The molecule has 0 unspecified atom stereocenters. The highest BCUT2D eigenvalue weighted by molar-refractivity contribution is 5.63. The van der Waals surface area contributed by atoms with E-state index < -0.39 is 0 Å². The van der Waals surface area contributed by atoms with E-state index in [0.29, 0.717) is 11.3 Å². The molecule has 1 heterocycles. The fourth-order valence-corrected chi connectivity index (χ4v) is 1.48. The third kappa shape index (κ3) is 1.86. The second kappa shape index (κ2) is 4.45. The van der Waals surface area contributed by atoms with Crippen LogP contribution in [0.2, 0.25) is 0 Å². The molecule has 3 heteroatoms. The number of rotatable bonds is 2. The minimum absolute atomic E-state index is 0.530. The lowest BCUT2D eigenvalue weighted by atomic mass is 10.1. The van der Waals surface area contributed by atoms with Crippen molar-refractivity contribution in [2.45, 2.75) is 0 Å². The zero-order valence-electron chi connectivity index (χ0n) is 8.84. The van der Waals surface area contributed by atoms with Gasteiger partial charge in [0.05, 0.1) is 18.4 Å². The van der Waals surface area contributed by atoms with E-state index in [2.05, 4.69) is 11.1 Å². The smallest absolute Gasteiger partial charge is 0.137 e. The van der Waals surface area contributed by atoms with Crippen LogP contribution in [0.1, 0.15) is 5.56 Å². The molecule has 0 saturated heterocycles. The van der Waals surface area contributed by atoms with Crippen LogP contribution in [0.25, 0.3) is 11.3 Å². The highest BCUT2D eigenvalue weighted by atomic mass is 16.5. The van der Waals surface area contributed by atoms with Crippen LogP contribution in [0.15, 0.2) is 42.6 Å². The molecule has 0 fully saturated rings. The van der Waals surface area contributed by atoms with Crippen LogP contribution < -0.4 is 4.74 Å². The largest absolute Gasteiger partial charge is 0.495 e. The van der Waals surface area contributed by atoms with E-state index in [4.69, 9.17) is 10.00 Å². The van der Waals surface area contributed by atoms with Crippen molar-refractivity contribution in [2.75, 3.05) is 7.11 Å². The summed E-state index contributed by atoms with van der Waals surface area (Å²) >= 11 is 0. The molecule has 0 aliphatic heterocycles. The molecule has 16 heavy (non-hydrogen) atoms. The summed E-state index contributed by atoms with van der Waals surface area (Å²) in [5.74, 6) is 0.575. The maximum atomic E-state index is 8.87. The maximum Gasteiger partial charge on any atom is 0.137 e. The summed E-state index contributed by atoms with van der Waals surface area (Å²) < 4.78 is 5.15. The van der Waals surface area contributed by atoms with E-state index in [9.17, 15) is 0 Å². The van der Waals surface area contributed by atoms with Crippen LogP contribution in [0.4, 0.5) is 0 Å². The summed E-state index contributed by atoms with van der Waals surface area (Å²) in [5, 5.41) is 8.87. The summed E-state index contributed by atoms with van der Waals surface area (Å²) in [4.78, 5) is 4.24. The normalized spacial score (nSPS) is 9.50. The van der Waals surface area contributed by atoms with Gasteiger partial charge in [-0.15, -0.1) is 0 Å². The molecular weight excluding hydrogens is 200 g/mol. The Morgan fingerprint density at radius 3 is 2.75 bits per heavy atom. The third-order valence-electron chi connectivity index (χ3n) is 2.28.